The third kappa shape index (κ3) is 15.1. The van der Waals surface area contributed by atoms with Crippen molar-refractivity contribution in [1.29, 1.82) is 0 Å². The third-order valence-electron chi connectivity index (χ3n) is 17.8. The summed E-state index contributed by atoms with van der Waals surface area (Å²) in [7, 11) is -1.51. The molecule has 0 spiro atoms. The molecule has 4 N–H and O–H groups in total. The molecule has 0 saturated heterocycles. The molecule has 12 rings (SSSR count). The Morgan fingerprint density at radius 3 is 0.990 bits per heavy atom. The van der Waals surface area contributed by atoms with Crippen LogP contribution < -0.4 is 39.0 Å². The van der Waals surface area contributed by atoms with Crippen molar-refractivity contribution in [2.45, 2.75) is 125 Å². The molecule has 102 heavy (non-hydrogen) atoms. The highest BCUT2D eigenvalue weighted by Crippen LogP contribution is 2.46. The van der Waals surface area contributed by atoms with E-state index in [2.05, 4.69) is 40.2 Å². The molecule has 2 unspecified atom stereocenters. The fourth-order valence-electron chi connectivity index (χ4n) is 12.7. The van der Waals surface area contributed by atoms with Crippen LogP contribution in [0.1, 0.15) is 135 Å². The molecule has 0 saturated carbocycles. The largest absolute Gasteiger partial charge is 0.481 e. The molecule has 2 aliphatic heterocycles. The summed E-state index contributed by atoms with van der Waals surface area (Å²) < 4.78 is 85.9. The lowest BCUT2D eigenvalue weighted by atomic mass is 9.78. The van der Waals surface area contributed by atoms with Crippen molar-refractivity contribution in [3.63, 3.8) is 0 Å². The fourth-order valence-corrected chi connectivity index (χ4v) is 16.4. The van der Waals surface area contributed by atoms with Gasteiger partial charge in [0.15, 0.2) is 19.8 Å². The zero-order valence-electron chi connectivity index (χ0n) is 59.4. The predicted molar refractivity (Wildman–Crippen MR) is 395 cm³/mol. The topological polar surface area (TPSA) is 258 Å². The van der Waals surface area contributed by atoms with Crippen LogP contribution in [0.3, 0.4) is 0 Å². The molecule has 532 valence electrons. The normalized spacial score (nSPS) is 15.4. The molecule has 0 bridgehead atoms. The number of fused-ring (bicyclic) bond motifs is 2. The average Bonchev–Trinajstić information content (AvgIpc) is 1.22. The van der Waals surface area contributed by atoms with Gasteiger partial charge in [-0.3, -0.25) is 0 Å². The molecule has 24 heteroatoms. The van der Waals surface area contributed by atoms with Gasteiger partial charge in [-0.2, -0.15) is 18.9 Å². The molecule has 2 aliphatic rings. The van der Waals surface area contributed by atoms with Crippen LogP contribution in [-0.4, -0.2) is 104 Å². The Balaban J connectivity index is 0.000000205. The number of amides is 4. The summed E-state index contributed by atoms with van der Waals surface area (Å²) in [5.74, 6) is 1.29. The Morgan fingerprint density at radius 1 is 0.461 bits per heavy atom. The van der Waals surface area contributed by atoms with Gasteiger partial charge in [0, 0.05) is 26.4 Å². The van der Waals surface area contributed by atoms with Gasteiger partial charge < -0.3 is 39.1 Å². The van der Waals surface area contributed by atoms with Gasteiger partial charge >= 0.3 is 12.1 Å². The van der Waals surface area contributed by atoms with E-state index in [-0.39, 0.29) is 70.6 Å². The van der Waals surface area contributed by atoms with Gasteiger partial charge in [-0.25, -0.2) is 46.8 Å². The first-order valence-electron chi connectivity index (χ1n) is 33.9. The SMILES string of the molecule is COc1cc(C(C)C)c(NC(=O)NS(=O)(=NC(c2ccccc2)(c2ccccc2)c2ccccc2)c2cnn3c2OC[C@@H](OC)C3)c(C(C)C)n1.COc1cc(C(C)C)c(NC(=O)NS(=O)(=NC(c2ccccc2)(c2ccccc2)c2ccccc2)c2cnn3c2OC[C@@H](OC)C3)c(C(C)C)n1. The zero-order valence-corrected chi connectivity index (χ0v) is 61.0. The molecule has 4 atom stereocenters. The second-order valence-electron chi connectivity index (χ2n) is 25.9. The molecular formula is C78H88N12O10S2. The summed E-state index contributed by atoms with van der Waals surface area (Å²) in [4.78, 5) is 38.4. The smallest absolute Gasteiger partial charge is 0.332 e. The number of pyridine rings is 2. The quantitative estimate of drug-likeness (QED) is 0.0460. The number of anilines is 2. The van der Waals surface area contributed by atoms with Crippen LogP contribution >= 0.6 is 0 Å². The first kappa shape index (κ1) is 72.8. The lowest BCUT2D eigenvalue weighted by molar-refractivity contribution is 0.0165. The van der Waals surface area contributed by atoms with Crippen molar-refractivity contribution < 1.29 is 46.4 Å². The molecular weight excluding hydrogens is 1330 g/mol. The second-order valence-corrected chi connectivity index (χ2v) is 29.7. The van der Waals surface area contributed by atoms with E-state index < -0.39 is 43.0 Å². The first-order chi connectivity index (χ1) is 49.2. The number of urea groups is 2. The minimum absolute atomic E-state index is 0.00968. The minimum atomic E-state index is -3.92. The highest BCUT2D eigenvalue weighted by Gasteiger charge is 2.43. The number of rotatable bonds is 22. The van der Waals surface area contributed by atoms with E-state index in [9.17, 15) is 9.59 Å². The van der Waals surface area contributed by atoms with Crippen LogP contribution in [0.2, 0.25) is 0 Å². The summed E-state index contributed by atoms with van der Waals surface area (Å²) >= 11 is 0. The highest BCUT2D eigenvalue weighted by molar-refractivity contribution is 7.92. The molecule has 6 heterocycles. The number of carbonyl (C=O) groups excluding carboxylic acids is 2. The van der Waals surface area contributed by atoms with E-state index in [1.54, 1.807) is 37.8 Å². The Morgan fingerprint density at radius 2 is 0.745 bits per heavy atom. The lowest BCUT2D eigenvalue weighted by Crippen LogP contribution is -2.39. The van der Waals surface area contributed by atoms with E-state index in [4.69, 9.17) is 37.1 Å². The van der Waals surface area contributed by atoms with Gasteiger partial charge in [-0.05, 0) is 68.2 Å². The fraction of sp³-hybridized carbons (Fsp3) is 0.308. The van der Waals surface area contributed by atoms with Crippen LogP contribution in [0.4, 0.5) is 21.0 Å². The van der Waals surface area contributed by atoms with Crippen LogP contribution in [0.15, 0.2) is 225 Å². The number of carbonyl (C=O) groups is 2. The van der Waals surface area contributed by atoms with E-state index in [1.807, 2.05) is 250 Å². The van der Waals surface area contributed by atoms with Gasteiger partial charge in [0.05, 0.1) is 62.5 Å². The molecule has 4 aromatic heterocycles. The van der Waals surface area contributed by atoms with E-state index in [1.165, 1.54) is 12.4 Å². The van der Waals surface area contributed by atoms with E-state index in [0.29, 0.717) is 47.6 Å². The molecule has 0 aliphatic carbocycles. The van der Waals surface area contributed by atoms with E-state index >= 15 is 8.42 Å². The highest BCUT2D eigenvalue weighted by atomic mass is 32.2. The Kier molecular flexibility index (Phi) is 22.6. The maximum Gasteiger partial charge on any atom is 0.332 e. The number of nitrogens with one attached hydrogen (secondary N) is 4. The van der Waals surface area contributed by atoms with Crippen LogP contribution in [-0.2, 0) is 53.5 Å². The maximum absolute atomic E-state index is 16.0. The Hall–Kier alpha value is -10.4. The molecule has 0 radical (unpaired) electrons. The van der Waals surface area contributed by atoms with Crippen molar-refractivity contribution in [3.8, 4) is 23.5 Å². The molecule has 4 amide bonds. The molecule has 10 aromatic rings. The predicted octanol–water partition coefficient (Wildman–Crippen LogP) is 15.0. The van der Waals surface area contributed by atoms with Crippen molar-refractivity contribution in [2.24, 2.45) is 8.73 Å². The number of benzene rings is 6. The maximum atomic E-state index is 16.0. The summed E-state index contributed by atoms with van der Waals surface area (Å²) in [6.07, 6.45) is 2.41. The number of ether oxygens (including phenoxy) is 6. The standard InChI is InChI=1S/2C39H44N6O5S/c2*1-26(2)32-22-34(49-6)41-35(27(3)4)36(32)42-38(46)43-51(47,33-23-40-45-24-31(48-5)25-50-37(33)45)44-39(28-16-10-7-11-17-28,29-18-12-8-13-19-29)30-20-14-9-15-21-30/h2*7-23,26-27,31H,24-25H2,1-6H3,(H2,42,43,44,46,47)/t2*31-,51?/m00/s1. The van der Waals surface area contributed by atoms with Crippen LogP contribution in [0, 0.1) is 0 Å². The molecule has 0 fully saturated rings. The molecule has 6 aromatic carbocycles. The number of nitrogens with zero attached hydrogens (tertiary/aromatic N) is 8. The summed E-state index contributed by atoms with van der Waals surface area (Å²) in [5, 5.41) is 15.1. The van der Waals surface area contributed by atoms with Gasteiger partial charge in [0.2, 0.25) is 23.5 Å². The third-order valence-corrected chi connectivity index (χ3v) is 21.6. The summed E-state index contributed by atoms with van der Waals surface area (Å²) in [6.45, 7) is 17.2. The Labute approximate surface area is 597 Å². The second kappa shape index (κ2) is 31.6. The number of hydrogen-bond donors (Lipinski definition) is 4. The molecule has 22 nitrogen and oxygen atoms in total. The van der Waals surface area contributed by atoms with Gasteiger partial charge in [0.1, 0.15) is 46.3 Å². The minimum Gasteiger partial charge on any atom is -0.481 e. The zero-order chi connectivity index (χ0) is 72.3. The Bertz CT molecular complexity index is 4240. The van der Waals surface area contributed by atoms with Gasteiger partial charge in [-0.15, -0.1) is 0 Å². The lowest BCUT2D eigenvalue weighted by Gasteiger charge is -2.33. The van der Waals surface area contributed by atoms with Gasteiger partial charge in [0.25, 0.3) is 0 Å². The monoisotopic (exact) mass is 1420 g/mol. The van der Waals surface area contributed by atoms with Crippen molar-refractivity contribution in [2.75, 3.05) is 52.3 Å². The summed E-state index contributed by atoms with van der Waals surface area (Å²) in [5.41, 5.74) is 5.80. The van der Waals surface area contributed by atoms with Crippen LogP contribution in [0.5, 0.6) is 23.5 Å². The van der Waals surface area contributed by atoms with Crippen molar-refractivity contribution in [1.82, 2.24) is 39.0 Å². The van der Waals surface area contributed by atoms with Gasteiger partial charge in [-0.1, -0.05) is 237 Å². The van der Waals surface area contributed by atoms with E-state index in [0.717, 1.165) is 44.5 Å². The van der Waals surface area contributed by atoms with Crippen LogP contribution in [0.25, 0.3) is 0 Å². The van der Waals surface area contributed by atoms with Crippen molar-refractivity contribution in [3.05, 3.63) is 262 Å². The van der Waals surface area contributed by atoms with Crippen molar-refractivity contribution >= 4 is 43.3 Å². The first-order valence-corrected chi connectivity index (χ1v) is 36.9. The number of methoxy groups -OCH3 is 4. The number of hydrogen-bond acceptors (Lipinski definition) is 16. The average molecular weight is 1420 g/mol. The number of aromatic nitrogens is 6. The summed E-state index contributed by atoms with van der Waals surface area (Å²) in [6, 6.07) is 60.1.